The Morgan fingerprint density at radius 2 is 2.05 bits per heavy atom. The second-order valence-electron chi connectivity index (χ2n) is 5.34. The Bertz CT molecular complexity index is 484. The highest BCUT2D eigenvalue weighted by Crippen LogP contribution is 2.36. The van der Waals surface area contributed by atoms with Gasteiger partial charge >= 0.3 is 0 Å². The second-order valence-corrected chi connectivity index (χ2v) is 5.34. The molecular formula is C16H25N3O2. The third-order valence-electron chi connectivity index (χ3n) is 3.63. The number of nitrogens with zero attached hydrogens (tertiary/aromatic N) is 2. The van der Waals surface area contributed by atoms with Crippen molar-refractivity contribution in [1.82, 2.24) is 4.90 Å². The summed E-state index contributed by atoms with van der Waals surface area (Å²) in [5, 5.41) is 0. The molecule has 21 heavy (non-hydrogen) atoms. The normalized spacial score (nSPS) is 13.5. The lowest BCUT2D eigenvalue weighted by atomic mass is 10.2. The van der Waals surface area contributed by atoms with Crippen molar-refractivity contribution in [3.05, 3.63) is 18.2 Å². The monoisotopic (exact) mass is 291 g/mol. The second kappa shape index (κ2) is 7.20. The molecule has 2 rings (SSSR count). The molecule has 1 aromatic rings. The van der Waals surface area contributed by atoms with Crippen molar-refractivity contribution >= 4 is 17.3 Å². The molecule has 1 aliphatic heterocycles. The molecule has 1 aromatic carbocycles. The van der Waals surface area contributed by atoms with Crippen LogP contribution >= 0.6 is 0 Å². The molecule has 1 amide bonds. The fourth-order valence-corrected chi connectivity index (χ4v) is 2.69. The van der Waals surface area contributed by atoms with Crippen LogP contribution in [0.5, 0.6) is 5.75 Å². The van der Waals surface area contributed by atoms with Crippen LogP contribution in [0.3, 0.4) is 0 Å². The molecular weight excluding hydrogens is 266 g/mol. The molecule has 5 heteroatoms. The average Bonchev–Trinajstić information content (AvgIpc) is 2.47. The van der Waals surface area contributed by atoms with Gasteiger partial charge in [0.1, 0.15) is 18.0 Å². The molecule has 0 radical (unpaired) electrons. The molecule has 0 fully saturated rings. The summed E-state index contributed by atoms with van der Waals surface area (Å²) in [5.74, 6) is 0.932. The SMILES string of the molecule is CCCN(CCC)C(=O)CN1CCOc2cccc(N)c21. The summed E-state index contributed by atoms with van der Waals surface area (Å²) in [6.07, 6.45) is 1.96. The maximum Gasteiger partial charge on any atom is 0.242 e. The van der Waals surface area contributed by atoms with Crippen molar-refractivity contribution in [2.45, 2.75) is 26.7 Å². The van der Waals surface area contributed by atoms with Crippen molar-refractivity contribution in [2.75, 3.05) is 43.4 Å². The standard InChI is InChI=1S/C16H25N3O2/c1-3-8-18(9-4-2)15(20)12-19-10-11-21-14-7-5-6-13(17)16(14)19/h5-7H,3-4,8-12,17H2,1-2H3. The van der Waals surface area contributed by atoms with Gasteiger partial charge in [-0.05, 0) is 25.0 Å². The van der Waals surface area contributed by atoms with Gasteiger partial charge in [-0.1, -0.05) is 19.9 Å². The molecule has 0 aliphatic carbocycles. The number of anilines is 2. The lowest BCUT2D eigenvalue weighted by Gasteiger charge is -2.33. The smallest absolute Gasteiger partial charge is 0.242 e. The van der Waals surface area contributed by atoms with Crippen molar-refractivity contribution in [3.63, 3.8) is 0 Å². The molecule has 0 spiro atoms. The molecule has 1 heterocycles. The van der Waals surface area contributed by atoms with E-state index in [0.29, 0.717) is 25.4 Å². The maximum absolute atomic E-state index is 12.5. The van der Waals surface area contributed by atoms with Gasteiger partial charge in [0, 0.05) is 13.1 Å². The summed E-state index contributed by atoms with van der Waals surface area (Å²) in [5.41, 5.74) is 7.57. The van der Waals surface area contributed by atoms with E-state index in [1.54, 1.807) is 0 Å². The summed E-state index contributed by atoms with van der Waals surface area (Å²) < 4.78 is 5.63. The van der Waals surface area contributed by atoms with Gasteiger partial charge in [-0.15, -0.1) is 0 Å². The van der Waals surface area contributed by atoms with E-state index >= 15 is 0 Å². The number of rotatable bonds is 6. The van der Waals surface area contributed by atoms with Crippen LogP contribution in [0.15, 0.2) is 18.2 Å². The van der Waals surface area contributed by atoms with Crippen LogP contribution in [0.1, 0.15) is 26.7 Å². The van der Waals surface area contributed by atoms with Crippen molar-refractivity contribution in [2.24, 2.45) is 0 Å². The number of fused-ring (bicyclic) bond motifs is 1. The summed E-state index contributed by atoms with van der Waals surface area (Å²) in [7, 11) is 0. The number of nitrogen functional groups attached to an aromatic ring is 1. The summed E-state index contributed by atoms with van der Waals surface area (Å²) in [6.45, 7) is 7.47. The number of para-hydroxylation sites is 1. The summed E-state index contributed by atoms with van der Waals surface area (Å²) >= 11 is 0. The van der Waals surface area contributed by atoms with Crippen LogP contribution in [-0.4, -0.2) is 43.6 Å². The third kappa shape index (κ3) is 3.60. The summed E-state index contributed by atoms with van der Waals surface area (Å²) in [6, 6.07) is 5.62. The first-order chi connectivity index (χ1) is 10.2. The van der Waals surface area contributed by atoms with Crippen molar-refractivity contribution < 1.29 is 9.53 Å². The van der Waals surface area contributed by atoms with Crippen LogP contribution in [0.4, 0.5) is 11.4 Å². The zero-order valence-electron chi connectivity index (χ0n) is 13.0. The van der Waals surface area contributed by atoms with Crippen molar-refractivity contribution in [1.29, 1.82) is 0 Å². The van der Waals surface area contributed by atoms with Gasteiger partial charge in [-0.3, -0.25) is 4.79 Å². The molecule has 0 bridgehead atoms. The van der Waals surface area contributed by atoms with Crippen LogP contribution in [0.2, 0.25) is 0 Å². The largest absolute Gasteiger partial charge is 0.489 e. The topological polar surface area (TPSA) is 58.8 Å². The maximum atomic E-state index is 12.5. The minimum absolute atomic E-state index is 0.162. The van der Waals surface area contributed by atoms with Crippen LogP contribution in [-0.2, 0) is 4.79 Å². The van der Waals surface area contributed by atoms with E-state index in [4.69, 9.17) is 10.5 Å². The first-order valence-electron chi connectivity index (χ1n) is 7.71. The van der Waals surface area contributed by atoms with E-state index in [1.165, 1.54) is 0 Å². The molecule has 0 unspecified atom stereocenters. The predicted molar refractivity (Wildman–Crippen MR) is 85.7 cm³/mol. The number of ether oxygens (including phenoxy) is 1. The van der Waals surface area contributed by atoms with Gasteiger partial charge in [0.2, 0.25) is 5.91 Å². The van der Waals surface area contributed by atoms with E-state index in [9.17, 15) is 4.79 Å². The first kappa shape index (κ1) is 15.5. The average molecular weight is 291 g/mol. The van der Waals surface area contributed by atoms with Gasteiger partial charge < -0.3 is 20.3 Å². The minimum atomic E-state index is 0.162. The van der Waals surface area contributed by atoms with E-state index in [1.807, 2.05) is 28.0 Å². The number of carbonyl (C=O) groups is 1. The van der Waals surface area contributed by atoms with E-state index < -0.39 is 0 Å². The number of nitrogens with two attached hydrogens (primary N) is 1. The minimum Gasteiger partial charge on any atom is -0.489 e. The lowest BCUT2D eigenvalue weighted by Crippen LogP contribution is -2.44. The van der Waals surface area contributed by atoms with Gasteiger partial charge in [-0.25, -0.2) is 0 Å². The highest BCUT2D eigenvalue weighted by Gasteiger charge is 2.24. The number of amides is 1. The molecule has 116 valence electrons. The number of hydrogen-bond acceptors (Lipinski definition) is 4. The fourth-order valence-electron chi connectivity index (χ4n) is 2.69. The zero-order valence-corrected chi connectivity index (χ0v) is 13.0. The molecule has 0 saturated carbocycles. The Kier molecular flexibility index (Phi) is 5.31. The van der Waals surface area contributed by atoms with Gasteiger partial charge in [0.15, 0.2) is 0 Å². The molecule has 0 aromatic heterocycles. The van der Waals surface area contributed by atoms with E-state index in [-0.39, 0.29) is 5.91 Å². The van der Waals surface area contributed by atoms with E-state index in [0.717, 1.165) is 37.4 Å². The Morgan fingerprint density at radius 1 is 1.33 bits per heavy atom. The number of benzene rings is 1. The highest BCUT2D eigenvalue weighted by atomic mass is 16.5. The van der Waals surface area contributed by atoms with Crippen LogP contribution in [0.25, 0.3) is 0 Å². The van der Waals surface area contributed by atoms with Crippen LogP contribution < -0.4 is 15.4 Å². The molecule has 5 nitrogen and oxygen atoms in total. The quantitative estimate of drug-likeness (QED) is 0.816. The predicted octanol–water partition coefficient (Wildman–Crippen LogP) is 2.12. The number of hydrogen-bond donors (Lipinski definition) is 1. The zero-order chi connectivity index (χ0) is 15.2. The summed E-state index contributed by atoms with van der Waals surface area (Å²) in [4.78, 5) is 16.5. The Morgan fingerprint density at radius 3 is 2.71 bits per heavy atom. The Balaban J connectivity index is 2.12. The van der Waals surface area contributed by atoms with Crippen LogP contribution in [0, 0.1) is 0 Å². The molecule has 2 N–H and O–H groups in total. The van der Waals surface area contributed by atoms with Crippen molar-refractivity contribution in [3.8, 4) is 5.75 Å². The first-order valence-corrected chi connectivity index (χ1v) is 7.71. The lowest BCUT2D eigenvalue weighted by molar-refractivity contribution is -0.129. The van der Waals surface area contributed by atoms with Gasteiger partial charge in [0.05, 0.1) is 18.8 Å². The molecule has 0 saturated heterocycles. The Hall–Kier alpha value is -1.91. The molecule has 0 atom stereocenters. The van der Waals surface area contributed by atoms with Gasteiger partial charge in [-0.2, -0.15) is 0 Å². The highest BCUT2D eigenvalue weighted by molar-refractivity contribution is 5.85. The Labute approximate surface area is 126 Å². The number of carbonyl (C=O) groups excluding carboxylic acids is 1. The fraction of sp³-hybridized carbons (Fsp3) is 0.562. The third-order valence-corrected chi connectivity index (χ3v) is 3.63. The van der Waals surface area contributed by atoms with Gasteiger partial charge in [0.25, 0.3) is 0 Å². The van der Waals surface area contributed by atoms with E-state index in [2.05, 4.69) is 13.8 Å². The molecule has 1 aliphatic rings.